The molecular formula is C41H65N13O17. The first kappa shape index (κ1) is 57.6. The van der Waals surface area contributed by atoms with E-state index in [9.17, 15) is 49.2 Å². The fourth-order valence-corrected chi connectivity index (χ4v) is 7.94. The maximum Gasteiger partial charge on any atom is 0.369 e. The van der Waals surface area contributed by atoms with Crippen molar-refractivity contribution in [3.63, 3.8) is 0 Å². The average Bonchev–Trinajstić information content (AvgIpc) is 4.02. The van der Waals surface area contributed by atoms with E-state index in [2.05, 4.69) is 70.0 Å². The van der Waals surface area contributed by atoms with Gasteiger partial charge in [-0.3, -0.25) is 19.6 Å². The van der Waals surface area contributed by atoms with Gasteiger partial charge in [0.15, 0.2) is 24.9 Å². The Labute approximate surface area is 403 Å². The first-order valence-corrected chi connectivity index (χ1v) is 22.8. The van der Waals surface area contributed by atoms with Crippen LogP contribution in [-0.4, -0.2) is 159 Å². The summed E-state index contributed by atoms with van der Waals surface area (Å²) in [6.07, 6.45) is -3.92. The van der Waals surface area contributed by atoms with Gasteiger partial charge in [-0.15, -0.1) is 0 Å². The zero-order valence-corrected chi connectivity index (χ0v) is 40.6. The molecule has 0 aliphatic carbocycles. The summed E-state index contributed by atoms with van der Waals surface area (Å²) < 4.78 is 30.8. The molecule has 16 atom stereocenters. The Morgan fingerprint density at radius 3 is 1.28 bits per heavy atom. The minimum atomic E-state index is -1.41. The molecule has 4 saturated heterocycles. The Bertz CT molecular complexity index is 2580. The molecule has 8 rings (SSSR count). The number of nitrogen functional groups attached to an aromatic ring is 1. The number of aromatic nitrogens is 12. The summed E-state index contributed by atoms with van der Waals surface area (Å²) in [7, 11) is 1.46. The fraction of sp³-hybridized carbons (Fsp3) is 0.707. The third-order valence-corrected chi connectivity index (χ3v) is 12.3. The first-order chi connectivity index (χ1) is 33.7. The van der Waals surface area contributed by atoms with Gasteiger partial charge in [-0.25, -0.2) is 19.2 Å². The molecule has 4 aliphatic rings. The smallest absolute Gasteiger partial charge is 0.369 e. The number of hydrogen-bond acceptors (Lipinski definition) is 24. The summed E-state index contributed by atoms with van der Waals surface area (Å²) in [4.78, 5) is 79.4. The highest BCUT2D eigenvalue weighted by Gasteiger charge is 2.46. The lowest BCUT2D eigenvalue weighted by molar-refractivity contribution is -0.0618. The van der Waals surface area contributed by atoms with Gasteiger partial charge in [0, 0.05) is 11.8 Å². The summed E-state index contributed by atoms with van der Waals surface area (Å²) in [6.45, 7) is 15.5. The van der Waals surface area contributed by atoms with Gasteiger partial charge in [-0.05, 0) is 24.7 Å². The van der Waals surface area contributed by atoms with Gasteiger partial charge in [0.2, 0.25) is 5.88 Å². The monoisotopic (exact) mass is 1010 g/mol. The fourth-order valence-electron chi connectivity index (χ4n) is 7.94. The largest absolute Gasteiger partial charge is 0.480 e. The average molecular weight is 1010 g/mol. The van der Waals surface area contributed by atoms with Crippen LogP contribution in [0.5, 0.6) is 5.88 Å². The van der Waals surface area contributed by atoms with Crippen molar-refractivity contribution in [2.45, 2.75) is 142 Å². The highest BCUT2D eigenvalue weighted by Crippen LogP contribution is 2.40. The summed E-state index contributed by atoms with van der Waals surface area (Å²) in [5.74, 6) is 1.35. The molecule has 4 unspecified atom stereocenters. The second kappa shape index (κ2) is 25.9. The van der Waals surface area contributed by atoms with Crippen LogP contribution in [0, 0.1) is 23.7 Å². The van der Waals surface area contributed by atoms with E-state index >= 15 is 0 Å². The van der Waals surface area contributed by atoms with Crippen molar-refractivity contribution in [3.8, 4) is 5.88 Å². The summed E-state index contributed by atoms with van der Waals surface area (Å²) in [5.41, 5.74) is 1.47. The summed E-state index contributed by atoms with van der Waals surface area (Å²) in [5, 5.41) is 71.1. The van der Waals surface area contributed by atoms with E-state index in [-0.39, 0.29) is 48.2 Å². The number of anilines is 1. The molecule has 4 fully saturated rings. The van der Waals surface area contributed by atoms with E-state index in [0.717, 1.165) is 36.1 Å². The Hall–Kier alpha value is -5.96. The molecule has 0 radical (unpaired) electrons. The highest BCUT2D eigenvalue weighted by molar-refractivity contribution is 5.19. The van der Waals surface area contributed by atoms with Crippen LogP contribution in [0.3, 0.4) is 0 Å². The van der Waals surface area contributed by atoms with Crippen molar-refractivity contribution in [2.24, 2.45) is 23.7 Å². The van der Waals surface area contributed by atoms with Crippen LogP contribution in [0.25, 0.3) is 0 Å². The second-order valence-corrected chi connectivity index (χ2v) is 16.5. The van der Waals surface area contributed by atoms with Gasteiger partial charge in [0.05, 0.1) is 38.7 Å². The molecule has 0 aromatic carbocycles. The molecule has 30 heteroatoms. The number of aromatic amines is 2. The molecular weight excluding hydrogens is 947 g/mol. The predicted octanol–water partition coefficient (Wildman–Crippen LogP) is -3.86. The van der Waals surface area contributed by atoms with Crippen LogP contribution >= 0.6 is 0 Å². The van der Waals surface area contributed by atoms with E-state index in [0.29, 0.717) is 16.5 Å². The van der Waals surface area contributed by atoms with Crippen LogP contribution in [0.15, 0.2) is 53.6 Å². The topological polar surface area (TPSA) is 425 Å². The van der Waals surface area contributed by atoms with Gasteiger partial charge in [0.25, 0.3) is 11.1 Å². The number of hydrogen-bond donors (Lipinski definition) is 9. The molecule has 396 valence electrons. The van der Waals surface area contributed by atoms with E-state index in [4.69, 9.17) is 39.6 Å². The molecule has 4 aromatic rings. The number of ether oxygens (including phenoxy) is 5. The van der Waals surface area contributed by atoms with E-state index in [1.165, 1.54) is 22.7 Å². The number of nitrogens with one attached hydrogen (secondary N) is 2. The first-order valence-electron chi connectivity index (χ1n) is 22.8. The number of nitrogens with zero attached hydrogens (tertiary/aromatic N) is 10. The summed E-state index contributed by atoms with van der Waals surface area (Å²) >= 11 is 0. The molecule has 71 heavy (non-hydrogen) atoms. The number of aliphatic hydroxyl groups excluding tert-OH is 6. The van der Waals surface area contributed by atoms with E-state index in [1.54, 1.807) is 0 Å². The maximum atomic E-state index is 11.9. The number of H-pyrrole nitrogens is 2. The van der Waals surface area contributed by atoms with Crippen molar-refractivity contribution in [1.82, 2.24) is 59.1 Å². The molecule has 10 N–H and O–H groups in total. The molecule has 4 aliphatic heterocycles. The van der Waals surface area contributed by atoms with Gasteiger partial charge in [-0.2, -0.15) is 49.1 Å². The van der Waals surface area contributed by atoms with Crippen LogP contribution < -0.4 is 44.3 Å². The van der Waals surface area contributed by atoms with E-state index < -0.39 is 96.2 Å². The molecule has 4 aromatic heterocycles. The number of rotatable bonds is 9. The van der Waals surface area contributed by atoms with Gasteiger partial charge >= 0.3 is 22.8 Å². The van der Waals surface area contributed by atoms with Crippen LogP contribution in [-0.2, 0) is 18.9 Å². The minimum Gasteiger partial charge on any atom is -0.480 e. The molecule has 0 spiro atoms. The normalized spacial score (nSPS) is 31.7. The van der Waals surface area contributed by atoms with Crippen LogP contribution in [0.4, 0.5) is 5.82 Å². The lowest BCUT2D eigenvalue weighted by Gasteiger charge is -2.16. The quantitative estimate of drug-likeness (QED) is 0.0775. The van der Waals surface area contributed by atoms with Gasteiger partial charge in [-0.1, -0.05) is 55.4 Å². The minimum absolute atomic E-state index is 0.0574. The number of nitrogens with two attached hydrogens (primary N) is 1. The maximum absolute atomic E-state index is 11.9. The zero-order valence-electron chi connectivity index (χ0n) is 40.6. The lowest BCUT2D eigenvalue weighted by Crippen LogP contribution is -2.39. The molecule has 0 amide bonds. The Kier molecular flexibility index (Phi) is 21.1. The van der Waals surface area contributed by atoms with Crippen molar-refractivity contribution in [2.75, 3.05) is 26.1 Å². The summed E-state index contributed by atoms with van der Waals surface area (Å²) in [6, 6.07) is 0. The highest BCUT2D eigenvalue weighted by atomic mass is 16.6. The standard InChI is InChI=1S/C12H19N3O3.C11H17N3O3.C8H12N4O5.C8H11N3O6.C2H6/c1-5-9-7(2)8(3)11(18-9)15-12(16)14-10(17-4)6-13-15;1-4-8-6(2)7(3)10(17-8)14-11(16)13-9(15)5-12-14;9-4-1-10-12(8(16)11-4)7-6(15)5(14)3(2-13)17-7;12-2-3-5(14)6(15)7(17-3)11-8(16)10-4(13)1-9-11;1-2/h6-9,11H,5H2,1-4H3;5-8,10H,4H2,1-3H3,(H,13,15,16);1,3,5-7,13-15H,2H2,(H2,9,11,16);1,3,5-7,12,14-15H,2H2,(H,10,13,16);1-2H3/t7?,8-,9+,11+;6?,7-,8+,10+;2*3-,5?,6+,7-;/m0011./s1. The van der Waals surface area contributed by atoms with Crippen molar-refractivity contribution < 1.29 is 54.3 Å². The van der Waals surface area contributed by atoms with Gasteiger partial charge in [0.1, 0.15) is 61.0 Å². The van der Waals surface area contributed by atoms with Crippen molar-refractivity contribution in [3.05, 3.63) is 87.4 Å². The SMILES string of the molecule is CC.CC[C@H]1O[C@@H](n2ncc(=O)[nH]c2=O)[C@@H](C)C1C.CC[C@H]1O[C@@H](n2ncc(OC)nc2=O)[C@@H](C)C1C.Nc1cnn([C@@H]2O[C@H](CO)C(O)[C@@H]2O)c(=O)n1.O=c1cnn([C@@H]2O[C@H](CO)C(O)[C@@H]2O)c(=O)[nH]1. The van der Waals surface area contributed by atoms with Crippen molar-refractivity contribution >= 4 is 5.82 Å². The van der Waals surface area contributed by atoms with Crippen LogP contribution in [0.1, 0.15) is 93.1 Å². The molecule has 8 heterocycles. The number of methoxy groups -OCH3 is 1. The molecule has 30 nitrogen and oxygen atoms in total. The predicted molar refractivity (Wildman–Crippen MR) is 244 cm³/mol. The third-order valence-electron chi connectivity index (χ3n) is 12.3. The van der Waals surface area contributed by atoms with Gasteiger partial charge < -0.3 is 60.1 Å². The van der Waals surface area contributed by atoms with E-state index in [1.807, 2.05) is 25.8 Å². The molecule has 0 bridgehead atoms. The second-order valence-electron chi connectivity index (χ2n) is 16.5. The lowest BCUT2D eigenvalue weighted by atomic mass is 9.92. The molecule has 0 saturated carbocycles. The Morgan fingerprint density at radius 1 is 0.549 bits per heavy atom. The third kappa shape index (κ3) is 13.3. The van der Waals surface area contributed by atoms with Crippen molar-refractivity contribution in [1.29, 1.82) is 0 Å². The zero-order chi connectivity index (χ0) is 53.0. The van der Waals surface area contributed by atoms with Crippen LogP contribution in [0.2, 0.25) is 0 Å². The Morgan fingerprint density at radius 2 is 0.915 bits per heavy atom. The number of aliphatic hydroxyl groups is 6. The Balaban J connectivity index is 0.000000203.